The Balaban J connectivity index is 0.000000312. The number of thiazole rings is 1. The van der Waals surface area contributed by atoms with E-state index in [1.807, 2.05) is 0 Å². The van der Waals surface area contributed by atoms with E-state index in [9.17, 15) is 14.4 Å². The number of aromatic nitrogens is 1. The molecule has 1 atom stereocenters. The van der Waals surface area contributed by atoms with Crippen LogP contribution in [0.4, 0.5) is 0 Å². The summed E-state index contributed by atoms with van der Waals surface area (Å²) < 4.78 is 5.66. The molecular formula is C21H22ClN3O6S. The van der Waals surface area contributed by atoms with Crippen LogP contribution in [0.25, 0.3) is 0 Å². The van der Waals surface area contributed by atoms with E-state index in [4.69, 9.17) is 26.6 Å². The van der Waals surface area contributed by atoms with Crippen molar-refractivity contribution >= 4 is 40.8 Å². The van der Waals surface area contributed by atoms with Crippen LogP contribution < -0.4 is 10.1 Å². The van der Waals surface area contributed by atoms with Gasteiger partial charge in [0.05, 0.1) is 6.20 Å². The molecule has 3 aliphatic rings. The van der Waals surface area contributed by atoms with Gasteiger partial charge in [-0.3, -0.25) is 4.79 Å². The predicted octanol–water partition coefficient (Wildman–Crippen LogP) is 3.12. The van der Waals surface area contributed by atoms with Crippen molar-refractivity contribution in [2.45, 2.75) is 18.9 Å². The third kappa shape index (κ3) is 7.04. The maximum absolute atomic E-state index is 12.5. The third-order valence-electron chi connectivity index (χ3n) is 5.07. The zero-order chi connectivity index (χ0) is 23.1. The molecule has 0 spiro atoms. The Morgan fingerprint density at radius 3 is 2.28 bits per heavy atom. The summed E-state index contributed by atoms with van der Waals surface area (Å²) in [6.45, 7) is 3.29. The number of carbonyl (C=O) groups excluding carboxylic acids is 1. The summed E-state index contributed by atoms with van der Waals surface area (Å²) in [5, 5.41) is 19.9. The van der Waals surface area contributed by atoms with Crippen molar-refractivity contribution in [3.05, 3.63) is 52.5 Å². The van der Waals surface area contributed by atoms with Crippen LogP contribution in [0.3, 0.4) is 0 Å². The first-order chi connectivity index (χ1) is 15.3. The first kappa shape index (κ1) is 23.7. The van der Waals surface area contributed by atoms with Gasteiger partial charge < -0.3 is 25.2 Å². The second-order valence-corrected chi connectivity index (χ2v) is 8.70. The van der Waals surface area contributed by atoms with Crippen molar-refractivity contribution < 1.29 is 29.3 Å². The predicted molar refractivity (Wildman–Crippen MR) is 118 cm³/mol. The smallest absolute Gasteiger partial charge is 0.328 e. The van der Waals surface area contributed by atoms with Crippen LogP contribution in [0, 0.1) is 5.92 Å². The quantitative estimate of drug-likeness (QED) is 0.539. The fourth-order valence-corrected chi connectivity index (χ4v) is 4.34. The molecule has 3 N–H and O–H groups in total. The number of aliphatic carboxylic acids is 2. The van der Waals surface area contributed by atoms with Gasteiger partial charge in [-0.2, -0.15) is 0 Å². The van der Waals surface area contributed by atoms with Crippen LogP contribution in [-0.4, -0.2) is 63.6 Å². The highest BCUT2D eigenvalue weighted by Crippen LogP contribution is 2.30. The van der Waals surface area contributed by atoms with E-state index in [1.165, 1.54) is 24.2 Å². The number of carboxylic acid groups (broad SMARTS) is 2. The Morgan fingerprint density at radius 1 is 1.12 bits per heavy atom. The standard InChI is InChI=1S/C17H18ClN3O2S.C4H4O4/c18-12-1-3-13(4-2-12)23-17-19-9-15(24-17)16(22)20-14-10-21-7-5-11(14)6-8-21;5-3(6)1-2-4(7)8/h1-4,9,11,14H,5-8,10H2,(H,20,22);1-2H,(H,5,6)(H,7,8)/b;2-1+/t14-;/m0./s1. The van der Waals surface area contributed by atoms with Crippen LogP contribution in [0.2, 0.25) is 5.02 Å². The maximum Gasteiger partial charge on any atom is 0.328 e. The lowest BCUT2D eigenvalue weighted by Crippen LogP contribution is -2.57. The Labute approximate surface area is 193 Å². The first-order valence-corrected chi connectivity index (χ1v) is 11.1. The summed E-state index contributed by atoms with van der Waals surface area (Å²) >= 11 is 7.11. The number of amides is 1. The van der Waals surface area contributed by atoms with Crippen molar-refractivity contribution in [3.63, 3.8) is 0 Å². The number of fused-ring (bicyclic) bond motifs is 3. The summed E-state index contributed by atoms with van der Waals surface area (Å²) in [6.07, 6.45) is 5.05. The number of ether oxygens (including phenoxy) is 1. The molecule has 11 heteroatoms. The third-order valence-corrected chi connectivity index (χ3v) is 6.19. The Kier molecular flexibility index (Phi) is 8.20. The second-order valence-electron chi connectivity index (χ2n) is 7.27. The first-order valence-electron chi connectivity index (χ1n) is 9.86. The van der Waals surface area contributed by atoms with Crippen LogP contribution in [0.5, 0.6) is 10.9 Å². The minimum Gasteiger partial charge on any atom is -0.478 e. The molecule has 32 heavy (non-hydrogen) atoms. The van der Waals surface area contributed by atoms with Gasteiger partial charge >= 0.3 is 11.9 Å². The number of rotatable bonds is 6. The van der Waals surface area contributed by atoms with E-state index in [0.29, 0.717) is 38.9 Å². The molecule has 1 aromatic heterocycles. The maximum atomic E-state index is 12.5. The van der Waals surface area contributed by atoms with Crippen LogP contribution in [0.15, 0.2) is 42.6 Å². The van der Waals surface area contributed by atoms with E-state index in [0.717, 1.165) is 19.6 Å². The number of hydrogen-bond acceptors (Lipinski definition) is 7. The summed E-state index contributed by atoms with van der Waals surface area (Å²) in [5.74, 6) is -1.31. The fourth-order valence-electron chi connectivity index (χ4n) is 3.52. The molecule has 2 aromatic rings. The molecule has 2 bridgehead atoms. The Morgan fingerprint density at radius 2 is 1.75 bits per heavy atom. The van der Waals surface area contributed by atoms with Gasteiger partial charge in [0.1, 0.15) is 10.6 Å². The number of piperidine rings is 3. The molecule has 4 heterocycles. The molecule has 170 valence electrons. The molecule has 3 fully saturated rings. The van der Waals surface area contributed by atoms with Crippen molar-refractivity contribution in [1.29, 1.82) is 0 Å². The largest absolute Gasteiger partial charge is 0.478 e. The summed E-state index contributed by atoms with van der Waals surface area (Å²) in [7, 11) is 0. The van der Waals surface area contributed by atoms with Gasteiger partial charge in [-0.05, 0) is 56.1 Å². The number of halogens is 1. The molecule has 1 aromatic carbocycles. The molecule has 0 aliphatic carbocycles. The average molecular weight is 480 g/mol. The second kappa shape index (κ2) is 11.1. The van der Waals surface area contributed by atoms with Crippen LogP contribution in [0.1, 0.15) is 22.5 Å². The molecule has 3 aliphatic heterocycles. The molecule has 3 saturated heterocycles. The van der Waals surface area contributed by atoms with Crippen molar-refractivity contribution in [1.82, 2.24) is 15.2 Å². The van der Waals surface area contributed by atoms with E-state index >= 15 is 0 Å². The minimum atomic E-state index is -1.26. The zero-order valence-electron chi connectivity index (χ0n) is 16.9. The highest BCUT2D eigenvalue weighted by atomic mass is 35.5. The van der Waals surface area contributed by atoms with Crippen molar-refractivity contribution in [2.75, 3.05) is 19.6 Å². The monoisotopic (exact) mass is 479 g/mol. The molecule has 0 radical (unpaired) electrons. The number of carboxylic acids is 2. The van der Waals surface area contributed by atoms with Gasteiger partial charge in [-0.15, -0.1) is 0 Å². The number of carbonyl (C=O) groups is 3. The SMILES string of the molecule is O=C(N[C@H]1CN2CCC1CC2)c1cnc(Oc2ccc(Cl)cc2)s1.O=C(O)/C=C/C(=O)O. The lowest BCUT2D eigenvalue weighted by atomic mass is 9.84. The van der Waals surface area contributed by atoms with Gasteiger partial charge in [0.25, 0.3) is 11.1 Å². The van der Waals surface area contributed by atoms with Gasteiger partial charge in [-0.25, -0.2) is 14.6 Å². The van der Waals surface area contributed by atoms with Crippen LogP contribution >= 0.6 is 22.9 Å². The van der Waals surface area contributed by atoms with E-state index in [-0.39, 0.29) is 11.9 Å². The number of nitrogens with one attached hydrogen (secondary N) is 1. The molecule has 9 nitrogen and oxygen atoms in total. The summed E-state index contributed by atoms with van der Waals surface area (Å²) in [6, 6.07) is 7.31. The highest BCUT2D eigenvalue weighted by molar-refractivity contribution is 7.15. The zero-order valence-corrected chi connectivity index (χ0v) is 18.5. The van der Waals surface area contributed by atoms with Crippen molar-refractivity contribution in [3.8, 4) is 10.9 Å². The van der Waals surface area contributed by atoms with Crippen molar-refractivity contribution in [2.24, 2.45) is 5.92 Å². The molecule has 1 amide bonds. The van der Waals surface area contributed by atoms with Crippen LogP contribution in [-0.2, 0) is 9.59 Å². The van der Waals surface area contributed by atoms with E-state index in [1.54, 1.807) is 30.5 Å². The molecule has 0 unspecified atom stereocenters. The summed E-state index contributed by atoms with van der Waals surface area (Å²) in [4.78, 5) is 38.8. The normalized spacial score (nSPS) is 21.5. The number of hydrogen-bond donors (Lipinski definition) is 3. The number of nitrogens with zero attached hydrogens (tertiary/aromatic N) is 2. The highest BCUT2D eigenvalue weighted by Gasteiger charge is 2.35. The van der Waals surface area contributed by atoms with Gasteiger partial charge in [0, 0.05) is 29.8 Å². The Hall–Kier alpha value is -2.95. The summed E-state index contributed by atoms with van der Waals surface area (Å²) in [5.41, 5.74) is 0. The topological polar surface area (TPSA) is 129 Å². The Bertz CT molecular complexity index is 970. The lowest BCUT2D eigenvalue weighted by Gasteiger charge is -2.44. The fraction of sp³-hybridized carbons (Fsp3) is 0.333. The lowest BCUT2D eigenvalue weighted by molar-refractivity contribution is -0.134. The minimum absolute atomic E-state index is 0.0581. The van der Waals surface area contributed by atoms with E-state index in [2.05, 4.69) is 15.2 Å². The average Bonchev–Trinajstić information content (AvgIpc) is 3.24. The molecule has 0 saturated carbocycles. The van der Waals surface area contributed by atoms with Gasteiger partial charge in [-0.1, -0.05) is 22.9 Å². The van der Waals surface area contributed by atoms with Gasteiger partial charge in [0.15, 0.2) is 0 Å². The van der Waals surface area contributed by atoms with Gasteiger partial charge in [0.2, 0.25) is 0 Å². The van der Waals surface area contributed by atoms with E-state index < -0.39 is 11.9 Å². The molecule has 5 rings (SSSR count). The number of benzene rings is 1. The molecular weight excluding hydrogens is 458 g/mol.